The number of guanidine groups is 1. The lowest BCUT2D eigenvalue weighted by Crippen LogP contribution is -2.36. The van der Waals surface area contributed by atoms with Crippen molar-refractivity contribution in [2.45, 2.75) is 20.0 Å². The summed E-state index contributed by atoms with van der Waals surface area (Å²) in [5, 5.41) is 10.3. The highest BCUT2D eigenvalue weighted by Gasteiger charge is 2.06. The molecule has 2 rings (SSSR count). The highest BCUT2D eigenvalue weighted by atomic mass is 16.5. The molecule has 2 aromatic rings. The quantitative estimate of drug-likeness (QED) is 0.600. The maximum Gasteiger partial charge on any atom is 0.191 e. The second-order valence-corrected chi connectivity index (χ2v) is 4.72. The first kappa shape index (κ1) is 16.7. The fraction of sp³-hybridized carbons (Fsp3) is 0.375. The molecule has 0 radical (unpaired) electrons. The fourth-order valence-electron chi connectivity index (χ4n) is 1.99. The first-order valence-corrected chi connectivity index (χ1v) is 7.39. The third-order valence-corrected chi connectivity index (χ3v) is 3.17. The van der Waals surface area contributed by atoms with Gasteiger partial charge in [-0.15, -0.1) is 0 Å². The van der Waals surface area contributed by atoms with Crippen molar-refractivity contribution in [1.82, 2.24) is 15.8 Å². The van der Waals surface area contributed by atoms with Crippen LogP contribution >= 0.6 is 0 Å². The Morgan fingerprint density at radius 1 is 1.22 bits per heavy atom. The molecule has 0 amide bonds. The van der Waals surface area contributed by atoms with Gasteiger partial charge in [0.1, 0.15) is 23.5 Å². The third kappa shape index (κ3) is 4.91. The van der Waals surface area contributed by atoms with Gasteiger partial charge < -0.3 is 24.6 Å². The van der Waals surface area contributed by atoms with Gasteiger partial charge in [-0.3, -0.25) is 0 Å². The molecule has 0 bridgehead atoms. The molecule has 0 aliphatic rings. The zero-order chi connectivity index (χ0) is 16.5. The molecule has 7 heteroatoms. The molecule has 1 aromatic heterocycles. The van der Waals surface area contributed by atoms with E-state index in [9.17, 15) is 0 Å². The number of rotatable bonds is 7. The molecule has 7 nitrogen and oxygen atoms in total. The lowest BCUT2D eigenvalue weighted by molar-refractivity contribution is 0.391. The van der Waals surface area contributed by atoms with E-state index in [1.807, 2.05) is 31.2 Å². The standard InChI is InChI=1S/C16H22N4O3/c1-4-17-16(19-11-13-7-8-23-20-13)18-10-12-5-6-14(21-2)9-15(12)22-3/h5-9H,4,10-11H2,1-3H3,(H2,17,18,19). The third-order valence-electron chi connectivity index (χ3n) is 3.17. The molecule has 0 fully saturated rings. The van der Waals surface area contributed by atoms with Crippen LogP contribution in [0.4, 0.5) is 0 Å². The normalized spacial score (nSPS) is 11.2. The molecule has 0 spiro atoms. The summed E-state index contributed by atoms with van der Waals surface area (Å²) < 4.78 is 15.4. The molecule has 2 N–H and O–H groups in total. The Morgan fingerprint density at radius 3 is 2.74 bits per heavy atom. The smallest absolute Gasteiger partial charge is 0.191 e. The summed E-state index contributed by atoms with van der Waals surface area (Å²) in [5.74, 6) is 2.21. The molecule has 1 aromatic carbocycles. The lowest BCUT2D eigenvalue weighted by atomic mass is 10.2. The number of benzene rings is 1. The van der Waals surface area contributed by atoms with E-state index in [0.29, 0.717) is 19.0 Å². The molecule has 0 aliphatic carbocycles. The summed E-state index contributed by atoms with van der Waals surface area (Å²) in [4.78, 5) is 4.56. The Bertz CT molecular complexity index is 626. The van der Waals surface area contributed by atoms with Gasteiger partial charge in [0.05, 0.1) is 27.3 Å². The summed E-state index contributed by atoms with van der Waals surface area (Å²) in [6, 6.07) is 7.50. The Hall–Kier alpha value is -2.70. The van der Waals surface area contributed by atoms with Crippen LogP contribution in [-0.4, -0.2) is 31.9 Å². The van der Waals surface area contributed by atoms with Gasteiger partial charge in [0.25, 0.3) is 0 Å². The Balaban J connectivity index is 2.04. The topological polar surface area (TPSA) is 80.9 Å². The van der Waals surface area contributed by atoms with Crippen molar-refractivity contribution in [3.05, 3.63) is 41.8 Å². The maximum absolute atomic E-state index is 5.39. The van der Waals surface area contributed by atoms with Crippen LogP contribution in [0.5, 0.6) is 11.5 Å². The second-order valence-electron chi connectivity index (χ2n) is 4.72. The predicted molar refractivity (Wildman–Crippen MR) is 87.7 cm³/mol. The van der Waals surface area contributed by atoms with E-state index >= 15 is 0 Å². The van der Waals surface area contributed by atoms with Crippen molar-refractivity contribution in [1.29, 1.82) is 0 Å². The zero-order valence-corrected chi connectivity index (χ0v) is 13.6. The molecule has 0 atom stereocenters. The first-order chi connectivity index (χ1) is 11.3. The van der Waals surface area contributed by atoms with Crippen LogP contribution in [0.15, 0.2) is 40.0 Å². The summed E-state index contributed by atoms with van der Waals surface area (Å²) in [7, 11) is 3.26. The maximum atomic E-state index is 5.39. The highest BCUT2D eigenvalue weighted by molar-refractivity contribution is 5.79. The minimum Gasteiger partial charge on any atom is -0.497 e. The Morgan fingerprint density at radius 2 is 2.09 bits per heavy atom. The average molecular weight is 318 g/mol. The zero-order valence-electron chi connectivity index (χ0n) is 13.6. The van der Waals surface area contributed by atoms with Crippen LogP contribution in [0.25, 0.3) is 0 Å². The molecule has 0 saturated carbocycles. The van der Waals surface area contributed by atoms with E-state index in [4.69, 9.17) is 14.0 Å². The van der Waals surface area contributed by atoms with Gasteiger partial charge in [0.15, 0.2) is 5.96 Å². The van der Waals surface area contributed by atoms with Gasteiger partial charge in [-0.1, -0.05) is 5.16 Å². The van der Waals surface area contributed by atoms with Crippen molar-refractivity contribution in [3.8, 4) is 11.5 Å². The van der Waals surface area contributed by atoms with Crippen molar-refractivity contribution in [3.63, 3.8) is 0 Å². The number of ether oxygens (including phenoxy) is 2. The number of nitrogens with zero attached hydrogens (tertiary/aromatic N) is 2. The van der Waals surface area contributed by atoms with Crippen LogP contribution in [0.1, 0.15) is 18.2 Å². The number of aromatic nitrogens is 1. The molecule has 0 aliphatic heterocycles. The SMILES string of the molecule is CCNC(=NCc1ccc(OC)cc1OC)NCc1ccon1. The summed E-state index contributed by atoms with van der Waals surface area (Å²) in [6.07, 6.45) is 1.54. The summed E-state index contributed by atoms with van der Waals surface area (Å²) in [5.41, 5.74) is 1.80. The Kier molecular flexibility index (Phi) is 6.28. The van der Waals surface area contributed by atoms with E-state index in [0.717, 1.165) is 29.3 Å². The summed E-state index contributed by atoms with van der Waals surface area (Å²) >= 11 is 0. The van der Waals surface area contributed by atoms with Crippen LogP contribution in [-0.2, 0) is 13.1 Å². The predicted octanol–water partition coefficient (Wildman–Crippen LogP) is 1.95. The van der Waals surface area contributed by atoms with Crippen LogP contribution in [0.2, 0.25) is 0 Å². The number of hydrogen-bond donors (Lipinski definition) is 2. The average Bonchev–Trinajstić information content (AvgIpc) is 3.10. The van der Waals surface area contributed by atoms with E-state index in [2.05, 4.69) is 20.8 Å². The van der Waals surface area contributed by atoms with Crippen LogP contribution < -0.4 is 20.1 Å². The molecule has 0 saturated heterocycles. The second kappa shape index (κ2) is 8.67. The number of aliphatic imine (C=N–C) groups is 1. The lowest BCUT2D eigenvalue weighted by Gasteiger charge is -2.12. The van der Waals surface area contributed by atoms with Crippen molar-refractivity contribution in [2.24, 2.45) is 4.99 Å². The van der Waals surface area contributed by atoms with Crippen molar-refractivity contribution >= 4 is 5.96 Å². The fourth-order valence-corrected chi connectivity index (χ4v) is 1.99. The van der Waals surface area contributed by atoms with Gasteiger partial charge in [-0.2, -0.15) is 0 Å². The number of hydrogen-bond acceptors (Lipinski definition) is 5. The van der Waals surface area contributed by atoms with Crippen LogP contribution in [0.3, 0.4) is 0 Å². The van der Waals surface area contributed by atoms with Gasteiger partial charge in [0.2, 0.25) is 0 Å². The minimum absolute atomic E-state index is 0.487. The molecular formula is C16H22N4O3. The van der Waals surface area contributed by atoms with E-state index in [-0.39, 0.29) is 0 Å². The van der Waals surface area contributed by atoms with Gasteiger partial charge in [0, 0.05) is 24.2 Å². The molecule has 124 valence electrons. The minimum atomic E-state index is 0.487. The van der Waals surface area contributed by atoms with Gasteiger partial charge in [-0.05, 0) is 19.1 Å². The van der Waals surface area contributed by atoms with E-state index < -0.39 is 0 Å². The largest absolute Gasteiger partial charge is 0.497 e. The summed E-state index contributed by atoms with van der Waals surface area (Å²) in [6.45, 7) is 3.81. The van der Waals surface area contributed by atoms with Gasteiger partial charge in [-0.25, -0.2) is 4.99 Å². The van der Waals surface area contributed by atoms with Crippen LogP contribution in [0, 0.1) is 0 Å². The van der Waals surface area contributed by atoms with Crippen molar-refractivity contribution in [2.75, 3.05) is 20.8 Å². The molecule has 23 heavy (non-hydrogen) atoms. The molecule has 0 unspecified atom stereocenters. The molecule has 1 heterocycles. The highest BCUT2D eigenvalue weighted by Crippen LogP contribution is 2.25. The Labute approximate surface area is 135 Å². The number of methoxy groups -OCH3 is 2. The monoisotopic (exact) mass is 318 g/mol. The van der Waals surface area contributed by atoms with E-state index in [1.165, 1.54) is 0 Å². The molecular weight excluding hydrogens is 296 g/mol. The van der Waals surface area contributed by atoms with Gasteiger partial charge >= 0.3 is 0 Å². The first-order valence-electron chi connectivity index (χ1n) is 7.39. The van der Waals surface area contributed by atoms with E-state index in [1.54, 1.807) is 20.5 Å². The van der Waals surface area contributed by atoms with Crippen molar-refractivity contribution < 1.29 is 14.0 Å². The number of nitrogens with one attached hydrogen (secondary N) is 2.